The van der Waals surface area contributed by atoms with E-state index in [1.54, 1.807) is 24.3 Å². The molecule has 6 nitrogen and oxygen atoms in total. The van der Waals surface area contributed by atoms with Gasteiger partial charge in [0.05, 0.1) is 5.56 Å². The Labute approximate surface area is 156 Å². The lowest BCUT2D eigenvalue weighted by Gasteiger charge is -2.21. The fraction of sp³-hybridized carbons (Fsp3) is 0.190. The predicted octanol–water partition coefficient (Wildman–Crippen LogP) is 3.75. The van der Waals surface area contributed by atoms with Gasteiger partial charge in [-0.1, -0.05) is 18.2 Å². The Balaban J connectivity index is 1.85. The Kier molecular flexibility index (Phi) is 4.24. The minimum Gasteiger partial charge on any atom is -0.436 e. The number of nitrogens with one attached hydrogen (secondary N) is 1. The highest BCUT2D eigenvalue weighted by atomic mass is 16.3. The highest BCUT2D eigenvalue weighted by Gasteiger charge is 2.21. The number of aromatic nitrogens is 2. The Morgan fingerprint density at radius 2 is 1.85 bits per heavy atom. The van der Waals surface area contributed by atoms with Crippen LogP contribution in [0.25, 0.3) is 22.4 Å². The number of carbonyl (C=O) groups is 1. The van der Waals surface area contributed by atoms with Gasteiger partial charge in [0, 0.05) is 35.8 Å². The SMILES string of the molecule is CCN(CC)c1ccc2cc3c(=N)n(C(=O)c4ccccc4)nc-3oc2c1. The van der Waals surface area contributed by atoms with Crippen LogP contribution in [-0.4, -0.2) is 28.8 Å². The van der Waals surface area contributed by atoms with Crippen molar-refractivity contribution in [2.45, 2.75) is 13.8 Å². The molecule has 27 heavy (non-hydrogen) atoms. The van der Waals surface area contributed by atoms with E-state index in [0.717, 1.165) is 28.8 Å². The number of nitrogens with zero attached hydrogens (tertiary/aromatic N) is 3. The molecule has 0 fully saturated rings. The van der Waals surface area contributed by atoms with E-state index in [0.29, 0.717) is 16.7 Å². The van der Waals surface area contributed by atoms with Crippen LogP contribution in [0.15, 0.2) is 59.0 Å². The van der Waals surface area contributed by atoms with Gasteiger partial charge in [-0.05, 0) is 44.2 Å². The van der Waals surface area contributed by atoms with E-state index >= 15 is 0 Å². The van der Waals surface area contributed by atoms with E-state index in [2.05, 4.69) is 23.8 Å². The molecule has 136 valence electrons. The van der Waals surface area contributed by atoms with Crippen LogP contribution in [0, 0.1) is 5.41 Å². The van der Waals surface area contributed by atoms with Gasteiger partial charge >= 0.3 is 0 Å². The van der Waals surface area contributed by atoms with Crippen LogP contribution in [0.4, 0.5) is 5.69 Å². The molecule has 0 radical (unpaired) electrons. The largest absolute Gasteiger partial charge is 0.436 e. The number of hydrogen-bond acceptors (Lipinski definition) is 5. The lowest BCUT2D eigenvalue weighted by atomic mass is 10.1. The van der Waals surface area contributed by atoms with Crippen LogP contribution in [0.1, 0.15) is 24.2 Å². The summed E-state index contributed by atoms with van der Waals surface area (Å²) in [7, 11) is 0. The summed E-state index contributed by atoms with van der Waals surface area (Å²) < 4.78 is 7.03. The molecular weight excluding hydrogens is 340 g/mol. The third-order valence-electron chi connectivity index (χ3n) is 4.73. The van der Waals surface area contributed by atoms with E-state index in [1.807, 2.05) is 30.3 Å². The van der Waals surface area contributed by atoms with Crippen LogP contribution in [0.5, 0.6) is 0 Å². The molecule has 2 heterocycles. The normalized spacial score (nSPS) is 11.2. The summed E-state index contributed by atoms with van der Waals surface area (Å²) in [5.74, 6) is -0.0617. The summed E-state index contributed by atoms with van der Waals surface area (Å²) in [6, 6.07) is 16.7. The molecule has 0 bridgehead atoms. The molecule has 0 spiro atoms. The smallest absolute Gasteiger partial charge is 0.280 e. The molecule has 2 aromatic rings. The Hall–Kier alpha value is -3.41. The molecule has 0 atom stereocenters. The van der Waals surface area contributed by atoms with Crippen molar-refractivity contribution in [3.8, 4) is 11.5 Å². The van der Waals surface area contributed by atoms with E-state index in [4.69, 9.17) is 9.83 Å². The molecule has 4 rings (SSSR count). The van der Waals surface area contributed by atoms with Crippen molar-refractivity contribution >= 4 is 22.6 Å². The van der Waals surface area contributed by atoms with E-state index < -0.39 is 0 Å². The van der Waals surface area contributed by atoms with Crippen LogP contribution < -0.4 is 10.4 Å². The minimum absolute atomic E-state index is 0.0253. The zero-order valence-corrected chi connectivity index (χ0v) is 15.3. The number of benzene rings is 2. The zero-order chi connectivity index (χ0) is 19.0. The van der Waals surface area contributed by atoms with Crippen molar-refractivity contribution in [2.24, 2.45) is 0 Å². The van der Waals surface area contributed by atoms with Crippen molar-refractivity contribution in [2.75, 3.05) is 18.0 Å². The quantitative estimate of drug-likeness (QED) is 0.601. The van der Waals surface area contributed by atoms with Gasteiger partial charge < -0.3 is 9.32 Å². The first-order chi connectivity index (χ1) is 13.1. The second-order valence-corrected chi connectivity index (χ2v) is 6.29. The van der Waals surface area contributed by atoms with Gasteiger partial charge in [0.15, 0.2) is 5.49 Å². The highest BCUT2D eigenvalue weighted by molar-refractivity contribution is 5.96. The third kappa shape index (κ3) is 2.89. The molecule has 2 aliphatic rings. The molecule has 6 heteroatoms. The molecule has 0 unspecified atom stereocenters. The van der Waals surface area contributed by atoms with Gasteiger partial charge in [-0.25, -0.2) is 0 Å². The second kappa shape index (κ2) is 6.72. The molecule has 1 N–H and O–H groups in total. The maximum atomic E-state index is 12.7. The first-order valence-electron chi connectivity index (χ1n) is 8.98. The number of hydrogen-bond donors (Lipinski definition) is 1. The van der Waals surface area contributed by atoms with Crippen LogP contribution in [0.2, 0.25) is 0 Å². The highest BCUT2D eigenvalue weighted by Crippen LogP contribution is 2.28. The average Bonchev–Trinajstić information content (AvgIpc) is 3.03. The zero-order valence-electron chi connectivity index (χ0n) is 15.3. The molecule has 2 aromatic carbocycles. The topological polar surface area (TPSA) is 75.1 Å². The molecule has 0 aliphatic carbocycles. The third-order valence-corrected chi connectivity index (χ3v) is 4.73. The number of rotatable bonds is 4. The van der Waals surface area contributed by atoms with Crippen LogP contribution in [-0.2, 0) is 0 Å². The average molecular weight is 360 g/mol. The summed E-state index contributed by atoms with van der Waals surface area (Å²) in [4.78, 5) is 14.9. The summed E-state index contributed by atoms with van der Waals surface area (Å²) in [5.41, 5.74) is 2.78. The summed E-state index contributed by atoms with van der Waals surface area (Å²) in [5, 5.41) is 13.5. The first kappa shape index (κ1) is 17.0. The monoisotopic (exact) mass is 360 g/mol. The molecule has 0 amide bonds. The maximum absolute atomic E-state index is 12.7. The molecular formula is C21H20N4O2. The maximum Gasteiger partial charge on any atom is 0.280 e. The fourth-order valence-electron chi connectivity index (χ4n) is 3.24. The Morgan fingerprint density at radius 3 is 2.56 bits per heavy atom. The van der Waals surface area contributed by atoms with Gasteiger partial charge in [-0.15, -0.1) is 5.10 Å². The van der Waals surface area contributed by atoms with Crippen LogP contribution in [0.3, 0.4) is 0 Å². The number of carbonyl (C=O) groups excluding carboxylic acids is 1. The molecule has 0 aromatic heterocycles. The van der Waals surface area contributed by atoms with Gasteiger partial charge in [-0.2, -0.15) is 4.68 Å². The standard InChI is InChI=1S/C21H20N4O2/c1-3-24(4-2)16-11-10-15-12-17-19(22)25(23-20(17)27-18(15)13-16)21(26)14-8-6-5-7-9-14/h5-13,22H,3-4H2,1-2H3. The van der Waals surface area contributed by atoms with E-state index in [1.165, 1.54) is 0 Å². The van der Waals surface area contributed by atoms with Gasteiger partial charge in [-0.3, -0.25) is 10.2 Å². The lowest BCUT2D eigenvalue weighted by molar-refractivity contribution is 0.0939. The summed E-state index contributed by atoms with van der Waals surface area (Å²) in [6.45, 7) is 6.02. The van der Waals surface area contributed by atoms with Crippen molar-refractivity contribution in [1.82, 2.24) is 9.78 Å². The van der Waals surface area contributed by atoms with Crippen molar-refractivity contribution in [1.29, 1.82) is 5.41 Å². The van der Waals surface area contributed by atoms with Gasteiger partial charge in [0.1, 0.15) is 5.58 Å². The summed E-state index contributed by atoms with van der Waals surface area (Å²) >= 11 is 0. The molecule has 0 saturated heterocycles. The predicted molar refractivity (Wildman–Crippen MR) is 104 cm³/mol. The van der Waals surface area contributed by atoms with Gasteiger partial charge in [0.2, 0.25) is 5.89 Å². The van der Waals surface area contributed by atoms with Gasteiger partial charge in [0.25, 0.3) is 5.91 Å². The van der Waals surface area contributed by atoms with Crippen molar-refractivity contribution in [3.63, 3.8) is 0 Å². The molecule has 2 aliphatic heterocycles. The van der Waals surface area contributed by atoms with Crippen molar-refractivity contribution < 1.29 is 9.21 Å². The second-order valence-electron chi connectivity index (χ2n) is 6.29. The van der Waals surface area contributed by atoms with E-state index in [-0.39, 0.29) is 17.3 Å². The fourth-order valence-corrected chi connectivity index (χ4v) is 3.24. The van der Waals surface area contributed by atoms with Crippen molar-refractivity contribution in [3.05, 3.63) is 65.6 Å². The summed E-state index contributed by atoms with van der Waals surface area (Å²) in [6.07, 6.45) is 0. The number of anilines is 1. The number of fused-ring (bicyclic) bond motifs is 2. The first-order valence-corrected chi connectivity index (χ1v) is 8.98. The minimum atomic E-state index is -0.347. The van der Waals surface area contributed by atoms with E-state index in [9.17, 15) is 4.79 Å². The Morgan fingerprint density at radius 1 is 1.11 bits per heavy atom. The van der Waals surface area contributed by atoms with Crippen LogP contribution >= 0.6 is 0 Å². The molecule has 0 saturated carbocycles. The lowest BCUT2D eigenvalue weighted by Crippen LogP contribution is -2.25. The Bertz CT molecular complexity index is 1140.